The Morgan fingerprint density at radius 3 is 2.95 bits per heavy atom. The molecular weight excluding hydrogens is 234 g/mol. The van der Waals surface area contributed by atoms with E-state index >= 15 is 0 Å². The third-order valence-electron chi connectivity index (χ3n) is 4.11. The maximum atomic E-state index is 6.09. The molecule has 0 saturated carbocycles. The normalized spacial score (nSPS) is 24.2. The van der Waals surface area contributed by atoms with E-state index < -0.39 is 0 Å². The molecule has 3 nitrogen and oxygen atoms in total. The van der Waals surface area contributed by atoms with E-state index in [2.05, 4.69) is 41.9 Å². The first-order valence-electron chi connectivity index (χ1n) is 6.95. The third kappa shape index (κ3) is 2.48. The fraction of sp³-hybridized carbons (Fsp3) is 0.438. The van der Waals surface area contributed by atoms with Crippen molar-refractivity contribution >= 4 is 10.9 Å². The lowest BCUT2D eigenvalue weighted by atomic mass is 10.1. The van der Waals surface area contributed by atoms with E-state index in [4.69, 9.17) is 5.73 Å². The van der Waals surface area contributed by atoms with Crippen LogP contribution in [0.15, 0.2) is 30.5 Å². The van der Waals surface area contributed by atoms with Gasteiger partial charge in [-0.25, -0.2) is 0 Å². The number of likely N-dealkylation sites (tertiary alicyclic amines) is 1. The number of aromatic nitrogens is 1. The maximum Gasteiger partial charge on any atom is 0.0731 e. The Hall–Kier alpha value is -1.45. The molecule has 1 aliphatic heterocycles. The van der Waals surface area contributed by atoms with Crippen molar-refractivity contribution in [3.05, 3.63) is 41.6 Å². The van der Waals surface area contributed by atoms with Gasteiger partial charge in [0.05, 0.1) is 5.52 Å². The second-order valence-corrected chi connectivity index (χ2v) is 5.82. The fourth-order valence-corrected chi connectivity index (χ4v) is 3.03. The molecule has 1 aliphatic rings. The van der Waals surface area contributed by atoms with E-state index in [0.29, 0.717) is 12.0 Å². The average Bonchev–Trinajstić information content (AvgIpc) is 2.68. The standard InChI is InChI=1S/C16H21N3/c1-11-6-13(7-14-4-3-5-18-16(11)14)9-19-8-12(2)15(17)10-19/h3-7,12,15H,8-10,17H2,1-2H3. The van der Waals surface area contributed by atoms with Crippen LogP contribution >= 0.6 is 0 Å². The van der Waals surface area contributed by atoms with Gasteiger partial charge in [-0.15, -0.1) is 0 Å². The molecule has 2 N–H and O–H groups in total. The highest BCUT2D eigenvalue weighted by molar-refractivity contribution is 5.82. The minimum Gasteiger partial charge on any atom is -0.326 e. The first kappa shape index (κ1) is 12.6. The summed E-state index contributed by atoms with van der Waals surface area (Å²) in [5.41, 5.74) is 9.81. The first-order valence-corrected chi connectivity index (χ1v) is 6.95. The van der Waals surface area contributed by atoms with Gasteiger partial charge in [-0.05, 0) is 36.1 Å². The molecule has 1 saturated heterocycles. The lowest BCUT2D eigenvalue weighted by Crippen LogP contribution is -2.28. The van der Waals surface area contributed by atoms with Crippen molar-refractivity contribution in [2.75, 3.05) is 13.1 Å². The Labute approximate surface area is 114 Å². The smallest absolute Gasteiger partial charge is 0.0731 e. The Morgan fingerprint density at radius 1 is 1.37 bits per heavy atom. The zero-order chi connectivity index (χ0) is 13.4. The molecule has 2 unspecified atom stereocenters. The average molecular weight is 255 g/mol. The van der Waals surface area contributed by atoms with Crippen LogP contribution in [-0.2, 0) is 6.54 Å². The Balaban J connectivity index is 1.86. The molecule has 19 heavy (non-hydrogen) atoms. The molecule has 0 spiro atoms. The molecule has 0 amide bonds. The molecule has 100 valence electrons. The Kier molecular flexibility index (Phi) is 3.25. The molecule has 3 heteroatoms. The second-order valence-electron chi connectivity index (χ2n) is 5.82. The molecule has 2 atom stereocenters. The molecular formula is C16H21N3. The van der Waals surface area contributed by atoms with Gasteiger partial charge >= 0.3 is 0 Å². The predicted molar refractivity (Wildman–Crippen MR) is 78.9 cm³/mol. The third-order valence-corrected chi connectivity index (χ3v) is 4.11. The topological polar surface area (TPSA) is 42.1 Å². The summed E-state index contributed by atoms with van der Waals surface area (Å²) in [6.45, 7) is 7.47. The summed E-state index contributed by atoms with van der Waals surface area (Å²) in [7, 11) is 0. The molecule has 2 aromatic rings. The van der Waals surface area contributed by atoms with Crippen molar-refractivity contribution in [2.24, 2.45) is 11.7 Å². The minimum atomic E-state index is 0.322. The van der Waals surface area contributed by atoms with E-state index in [9.17, 15) is 0 Å². The summed E-state index contributed by atoms with van der Waals surface area (Å²) in [5.74, 6) is 0.600. The summed E-state index contributed by atoms with van der Waals surface area (Å²) in [6.07, 6.45) is 1.86. The molecule has 0 bridgehead atoms. The van der Waals surface area contributed by atoms with Crippen LogP contribution in [0.4, 0.5) is 0 Å². The quantitative estimate of drug-likeness (QED) is 0.895. The maximum absolute atomic E-state index is 6.09. The van der Waals surface area contributed by atoms with Gasteiger partial charge in [-0.3, -0.25) is 9.88 Å². The van der Waals surface area contributed by atoms with Gasteiger partial charge in [0, 0.05) is 37.3 Å². The molecule has 1 fully saturated rings. The molecule has 1 aromatic heterocycles. The minimum absolute atomic E-state index is 0.322. The summed E-state index contributed by atoms with van der Waals surface area (Å²) in [4.78, 5) is 6.89. The van der Waals surface area contributed by atoms with Crippen LogP contribution in [0.2, 0.25) is 0 Å². The second kappa shape index (κ2) is 4.91. The van der Waals surface area contributed by atoms with Gasteiger partial charge in [0.15, 0.2) is 0 Å². The lowest BCUT2D eigenvalue weighted by molar-refractivity contribution is 0.319. The predicted octanol–water partition coefficient (Wildman–Crippen LogP) is 2.32. The number of hydrogen-bond acceptors (Lipinski definition) is 3. The number of hydrogen-bond donors (Lipinski definition) is 1. The monoisotopic (exact) mass is 255 g/mol. The zero-order valence-corrected chi connectivity index (χ0v) is 11.6. The molecule has 1 aromatic carbocycles. The van der Waals surface area contributed by atoms with Gasteiger partial charge in [0.25, 0.3) is 0 Å². The van der Waals surface area contributed by atoms with E-state index in [0.717, 1.165) is 25.2 Å². The van der Waals surface area contributed by atoms with Gasteiger partial charge in [-0.2, -0.15) is 0 Å². The van der Waals surface area contributed by atoms with E-state index in [-0.39, 0.29) is 0 Å². The molecule has 2 heterocycles. The zero-order valence-electron chi connectivity index (χ0n) is 11.6. The van der Waals surface area contributed by atoms with Crippen molar-refractivity contribution < 1.29 is 0 Å². The number of nitrogens with two attached hydrogens (primary N) is 1. The highest BCUT2D eigenvalue weighted by Crippen LogP contribution is 2.22. The van der Waals surface area contributed by atoms with E-state index in [1.165, 1.54) is 16.5 Å². The van der Waals surface area contributed by atoms with Crippen molar-refractivity contribution in [3.63, 3.8) is 0 Å². The molecule has 0 aliphatic carbocycles. The van der Waals surface area contributed by atoms with Gasteiger partial charge in [-0.1, -0.05) is 19.1 Å². The van der Waals surface area contributed by atoms with E-state index in [1.807, 2.05) is 12.3 Å². The van der Waals surface area contributed by atoms with Crippen molar-refractivity contribution in [1.29, 1.82) is 0 Å². The summed E-state index contributed by atoms with van der Waals surface area (Å²) < 4.78 is 0. The number of benzene rings is 1. The van der Waals surface area contributed by atoms with Crippen LogP contribution in [0.3, 0.4) is 0 Å². The fourth-order valence-electron chi connectivity index (χ4n) is 3.03. The summed E-state index contributed by atoms with van der Waals surface area (Å²) >= 11 is 0. The van der Waals surface area contributed by atoms with Crippen LogP contribution in [0.5, 0.6) is 0 Å². The number of aryl methyl sites for hydroxylation is 1. The number of pyridine rings is 1. The largest absolute Gasteiger partial charge is 0.326 e. The molecule has 3 rings (SSSR count). The number of rotatable bonds is 2. The van der Waals surface area contributed by atoms with Crippen LogP contribution in [0, 0.1) is 12.8 Å². The van der Waals surface area contributed by atoms with Gasteiger partial charge < -0.3 is 5.73 Å². The summed E-state index contributed by atoms with van der Waals surface area (Å²) in [6, 6.07) is 8.97. The van der Waals surface area contributed by atoms with E-state index in [1.54, 1.807) is 0 Å². The van der Waals surface area contributed by atoms with Crippen molar-refractivity contribution in [1.82, 2.24) is 9.88 Å². The van der Waals surface area contributed by atoms with Crippen LogP contribution in [-0.4, -0.2) is 29.0 Å². The van der Waals surface area contributed by atoms with Crippen molar-refractivity contribution in [2.45, 2.75) is 26.4 Å². The number of fused-ring (bicyclic) bond motifs is 1. The highest BCUT2D eigenvalue weighted by Gasteiger charge is 2.26. The van der Waals surface area contributed by atoms with Crippen LogP contribution < -0.4 is 5.73 Å². The lowest BCUT2D eigenvalue weighted by Gasteiger charge is -2.16. The highest BCUT2D eigenvalue weighted by atomic mass is 15.2. The first-order chi connectivity index (χ1) is 9.13. The Bertz CT molecular complexity index is 584. The SMILES string of the molecule is Cc1cc(CN2CC(C)C(N)C2)cc2cccnc12. The molecule has 0 radical (unpaired) electrons. The van der Waals surface area contributed by atoms with Gasteiger partial charge in [0.1, 0.15) is 0 Å². The van der Waals surface area contributed by atoms with Crippen LogP contribution in [0.1, 0.15) is 18.1 Å². The Morgan fingerprint density at radius 2 is 2.21 bits per heavy atom. The van der Waals surface area contributed by atoms with Gasteiger partial charge in [0.2, 0.25) is 0 Å². The number of nitrogens with zero attached hydrogens (tertiary/aromatic N) is 2. The van der Waals surface area contributed by atoms with Crippen LogP contribution in [0.25, 0.3) is 10.9 Å². The van der Waals surface area contributed by atoms with Crippen molar-refractivity contribution in [3.8, 4) is 0 Å². The summed E-state index contributed by atoms with van der Waals surface area (Å²) in [5, 5.41) is 1.23.